The molecule has 2 rings (SSSR count). The van der Waals surface area contributed by atoms with Crippen molar-refractivity contribution in [3.8, 4) is 11.4 Å². The van der Waals surface area contributed by atoms with E-state index in [9.17, 15) is 9.59 Å². The lowest BCUT2D eigenvalue weighted by atomic mass is 10.1. The highest BCUT2D eigenvalue weighted by atomic mass is 32.1. The van der Waals surface area contributed by atoms with Gasteiger partial charge in [0.25, 0.3) is 0 Å². The van der Waals surface area contributed by atoms with Gasteiger partial charge in [-0.15, -0.1) is 0 Å². The van der Waals surface area contributed by atoms with E-state index in [2.05, 4.69) is 9.36 Å². The van der Waals surface area contributed by atoms with Gasteiger partial charge in [-0.1, -0.05) is 0 Å². The number of carbonyl (C=O) groups is 2. The van der Waals surface area contributed by atoms with Crippen LogP contribution in [0.15, 0.2) is 6.07 Å². The zero-order valence-electron chi connectivity index (χ0n) is 8.90. The Morgan fingerprint density at radius 2 is 2.06 bits per heavy atom. The molecule has 16 heavy (non-hydrogen) atoms. The van der Waals surface area contributed by atoms with E-state index in [4.69, 9.17) is 0 Å². The van der Waals surface area contributed by atoms with Crippen molar-refractivity contribution < 1.29 is 9.59 Å². The average molecular weight is 234 g/mol. The molecular formula is C11H10N2O2S. The van der Waals surface area contributed by atoms with Crippen molar-refractivity contribution in [1.82, 2.24) is 9.36 Å². The number of rotatable bonds is 3. The summed E-state index contributed by atoms with van der Waals surface area (Å²) in [6.45, 7) is 3.69. The third-order valence-electron chi connectivity index (χ3n) is 2.46. The largest absolute Gasteiger partial charge is 0.350 e. The van der Waals surface area contributed by atoms with Crippen LogP contribution in [-0.2, 0) is 0 Å². The lowest BCUT2D eigenvalue weighted by Gasteiger charge is -1.92. The topological polar surface area (TPSA) is 62.8 Å². The summed E-state index contributed by atoms with van der Waals surface area (Å²) in [5.74, 6) is 0. The van der Waals surface area contributed by atoms with Gasteiger partial charge < -0.3 is 4.98 Å². The summed E-state index contributed by atoms with van der Waals surface area (Å²) in [7, 11) is 0. The van der Waals surface area contributed by atoms with Crippen molar-refractivity contribution in [3.63, 3.8) is 0 Å². The molecular weight excluding hydrogens is 224 g/mol. The van der Waals surface area contributed by atoms with E-state index in [1.807, 2.05) is 13.0 Å². The maximum atomic E-state index is 11.0. The number of carbonyl (C=O) groups excluding carboxylic acids is 2. The van der Waals surface area contributed by atoms with Gasteiger partial charge in [-0.05, 0) is 37.0 Å². The maximum Gasteiger partial charge on any atom is 0.166 e. The number of H-pyrrole nitrogens is 1. The Bertz CT molecular complexity index is 554. The van der Waals surface area contributed by atoms with E-state index >= 15 is 0 Å². The van der Waals surface area contributed by atoms with Crippen LogP contribution >= 0.6 is 11.5 Å². The number of nitrogens with one attached hydrogen (secondary N) is 1. The van der Waals surface area contributed by atoms with Crippen molar-refractivity contribution in [2.75, 3.05) is 0 Å². The Kier molecular flexibility index (Phi) is 2.70. The highest BCUT2D eigenvalue weighted by Gasteiger charge is 2.16. The van der Waals surface area contributed by atoms with E-state index in [0.29, 0.717) is 34.5 Å². The second kappa shape index (κ2) is 4.02. The lowest BCUT2D eigenvalue weighted by Crippen LogP contribution is -1.85. The molecule has 4 nitrogen and oxygen atoms in total. The molecule has 0 bridgehead atoms. The van der Waals surface area contributed by atoms with Crippen LogP contribution in [-0.4, -0.2) is 21.9 Å². The summed E-state index contributed by atoms with van der Waals surface area (Å²) in [6.07, 6.45) is 1.47. The molecule has 2 aromatic rings. The number of aryl methyl sites for hydroxylation is 1. The summed E-state index contributed by atoms with van der Waals surface area (Å²) >= 11 is 1.37. The minimum atomic E-state index is 0.433. The third kappa shape index (κ3) is 1.59. The number of aromatic nitrogens is 2. The Labute approximate surface area is 96.5 Å². The number of aldehydes is 2. The fourth-order valence-electron chi connectivity index (χ4n) is 1.58. The predicted molar refractivity (Wildman–Crippen MR) is 62.1 cm³/mol. The second-order valence-corrected chi connectivity index (χ2v) is 4.52. The fraction of sp³-hybridized carbons (Fsp3) is 0.182. The summed E-state index contributed by atoms with van der Waals surface area (Å²) in [6, 6.07) is 1.89. The SMILES string of the molecule is Cc1cc(-c2[nH]c(C=O)c(C)c2C=O)ns1. The molecule has 2 heterocycles. The van der Waals surface area contributed by atoms with Crippen molar-refractivity contribution in [2.24, 2.45) is 0 Å². The molecule has 0 aromatic carbocycles. The van der Waals surface area contributed by atoms with Gasteiger partial charge in [0.05, 0.1) is 11.4 Å². The molecule has 0 unspecified atom stereocenters. The highest BCUT2D eigenvalue weighted by molar-refractivity contribution is 7.05. The zero-order chi connectivity index (χ0) is 11.7. The molecule has 2 aromatic heterocycles. The average Bonchev–Trinajstić information content (AvgIpc) is 2.82. The molecule has 1 N–H and O–H groups in total. The summed E-state index contributed by atoms with van der Waals surface area (Å²) < 4.78 is 4.22. The van der Waals surface area contributed by atoms with Crippen molar-refractivity contribution in [3.05, 3.63) is 27.8 Å². The van der Waals surface area contributed by atoms with Crippen LogP contribution < -0.4 is 0 Å². The molecule has 82 valence electrons. The van der Waals surface area contributed by atoms with Crippen LogP contribution in [0.2, 0.25) is 0 Å². The van der Waals surface area contributed by atoms with E-state index in [1.165, 1.54) is 11.5 Å². The summed E-state index contributed by atoms with van der Waals surface area (Å²) in [5.41, 5.74) is 2.94. The van der Waals surface area contributed by atoms with Gasteiger partial charge in [-0.2, -0.15) is 4.37 Å². The first-order chi connectivity index (χ1) is 7.67. The molecule has 0 fully saturated rings. The smallest absolute Gasteiger partial charge is 0.166 e. The Balaban J connectivity index is 2.64. The summed E-state index contributed by atoms with van der Waals surface area (Å²) in [4.78, 5) is 25.8. The predicted octanol–water partition coefficient (Wildman–Crippen LogP) is 2.38. The molecule has 0 spiro atoms. The first-order valence-electron chi connectivity index (χ1n) is 4.74. The monoisotopic (exact) mass is 234 g/mol. The molecule has 0 radical (unpaired) electrons. The maximum absolute atomic E-state index is 11.0. The van der Waals surface area contributed by atoms with E-state index in [-0.39, 0.29) is 0 Å². The summed E-state index contributed by atoms with van der Waals surface area (Å²) in [5, 5.41) is 0. The Morgan fingerprint density at radius 1 is 1.31 bits per heavy atom. The van der Waals surface area contributed by atoms with Gasteiger partial charge >= 0.3 is 0 Å². The molecule has 0 atom stereocenters. The normalized spacial score (nSPS) is 10.4. The quantitative estimate of drug-likeness (QED) is 0.829. The van der Waals surface area contributed by atoms with E-state index in [1.54, 1.807) is 6.92 Å². The van der Waals surface area contributed by atoms with Crippen LogP contribution in [0.25, 0.3) is 11.4 Å². The minimum absolute atomic E-state index is 0.433. The first kappa shape index (κ1) is 10.8. The van der Waals surface area contributed by atoms with Gasteiger partial charge in [0.1, 0.15) is 5.69 Å². The number of aromatic amines is 1. The Hall–Kier alpha value is -1.75. The Morgan fingerprint density at radius 3 is 2.56 bits per heavy atom. The minimum Gasteiger partial charge on any atom is -0.350 e. The fourth-order valence-corrected chi connectivity index (χ4v) is 2.13. The van der Waals surface area contributed by atoms with Crippen molar-refractivity contribution >= 4 is 24.1 Å². The molecule has 0 amide bonds. The molecule has 0 aliphatic rings. The van der Waals surface area contributed by atoms with Crippen LogP contribution in [0.4, 0.5) is 0 Å². The second-order valence-electron chi connectivity index (χ2n) is 3.51. The van der Waals surface area contributed by atoms with Crippen LogP contribution in [0, 0.1) is 13.8 Å². The van der Waals surface area contributed by atoms with E-state index in [0.717, 1.165) is 11.2 Å². The van der Waals surface area contributed by atoms with Gasteiger partial charge in [0.15, 0.2) is 12.6 Å². The van der Waals surface area contributed by atoms with Crippen LogP contribution in [0.5, 0.6) is 0 Å². The third-order valence-corrected chi connectivity index (χ3v) is 3.15. The van der Waals surface area contributed by atoms with Crippen LogP contribution in [0.1, 0.15) is 31.3 Å². The van der Waals surface area contributed by atoms with Gasteiger partial charge in [-0.25, -0.2) is 0 Å². The lowest BCUT2D eigenvalue weighted by molar-refractivity contribution is 0.111. The van der Waals surface area contributed by atoms with Crippen molar-refractivity contribution in [2.45, 2.75) is 13.8 Å². The molecule has 5 heteroatoms. The standard InChI is InChI=1S/C11H10N2O2S/c1-6-3-9(13-16-6)11-8(4-14)7(2)10(5-15)12-11/h3-5,12H,1-2H3. The molecule has 0 saturated carbocycles. The number of nitrogens with zero attached hydrogens (tertiary/aromatic N) is 1. The number of hydrogen-bond donors (Lipinski definition) is 1. The van der Waals surface area contributed by atoms with Crippen LogP contribution in [0.3, 0.4) is 0 Å². The zero-order valence-corrected chi connectivity index (χ0v) is 9.72. The van der Waals surface area contributed by atoms with Crippen molar-refractivity contribution in [1.29, 1.82) is 0 Å². The number of hydrogen-bond acceptors (Lipinski definition) is 4. The highest BCUT2D eigenvalue weighted by Crippen LogP contribution is 2.26. The van der Waals surface area contributed by atoms with Gasteiger partial charge in [0, 0.05) is 10.4 Å². The molecule has 0 aliphatic carbocycles. The van der Waals surface area contributed by atoms with Gasteiger partial charge in [0.2, 0.25) is 0 Å². The van der Waals surface area contributed by atoms with E-state index < -0.39 is 0 Å². The molecule has 0 aliphatic heterocycles. The van der Waals surface area contributed by atoms with Gasteiger partial charge in [-0.3, -0.25) is 9.59 Å². The first-order valence-corrected chi connectivity index (χ1v) is 5.51. The molecule has 0 saturated heterocycles.